The molecule has 0 unspecified atom stereocenters. The smallest absolute Gasteiger partial charge is 0.0522 e. The monoisotopic (exact) mass is 206 g/mol. The van der Waals surface area contributed by atoms with Crippen molar-refractivity contribution >= 4 is 0 Å². The van der Waals surface area contributed by atoms with E-state index in [0.717, 1.165) is 12.5 Å². The average molecular weight is 206 g/mol. The molecule has 0 saturated carbocycles. The third kappa shape index (κ3) is 2.81. The number of H-pyrrole nitrogens is 1. The van der Waals surface area contributed by atoms with Gasteiger partial charge in [-0.2, -0.15) is 5.10 Å². The molecular formula is C12H20N3. The van der Waals surface area contributed by atoms with Gasteiger partial charge in [0.2, 0.25) is 0 Å². The van der Waals surface area contributed by atoms with Crippen LogP contribution in [0.5, 0.6) is 0 Å². The molecule has 0 bridgehead atoms. The predicted octanol–water partition coefficient (Wildman–Crippen LogP) is 2.20. The normalized spacial score (nSPS) is 19.9. The van der Waals surface area contributed by atoms with Gasteiger partial charge in [-0.05, 0) is 43.3 Å². The molecule has 2 heterocycles. The van der Waals surface area contributed by atoms with Crippen LogP contribution in [0.3, 0.4) is 0 Å². The zero-order chi connectivity index (χ0) is 10.7. The highest BCUT2D eigenvalue weighted by atomic mass is 15.1. The van der Waals surface area contributed by atoms with Crippen molar-refractivity contribution in [2.24, 2.45) is 0 Å². The van der Waals surface area contributed by atoms with Crippen LogP contribution in [0, 0.1) is 5.92 Å². The molecule has 0 amide bonds. The fourth-order valence-corrected chi connectivity index (χ4v) is 2.36. The van der Waals surface area contributed by atoms with Crippen LogP contribution in [0.25, 0.3) is 0 Å². The van der Waals surface area contributed by atoms with Crippen molar-refractivity contribution < 1.29 is 0 Å². The highest BCUT2D eigenvalue weighted by Crippen LogP contribution is 2.27. The Balaban J connectivity index is 1.82. The van der Waals surface area contributed by atoms with Gasteiger partial charge in [0.1, 0.15) is 0 Å². The number of aromatic amines is 1. The topological polar surface area (TPSA) is 31.9 Å². The summed E-state index contributed by atoms with van der Waals surface area (Å²) in [5.74, 6) is 2.23. The summed E-state index contributed by atoms with van der Waals surface area (Å²) < 4.78 is 0. The Morgan fingerprint density at radius 1 is 1.47 bits per heavy atom. The number of nitrogens with zero attached hydrogens (tertiary/aromatic N) is 2. The highest BCUT2D eigenvalue weighted by Gasteiger charge is 2.21. The Kier molecular flexibility index (Phi) is 3.41. The number of nitrogens with one attached hydrogen (secondary N) is 1. The van der Waals surface area contributed by atoms with Crippen LogP contribution < -0.4 is 0 Å². The molecule has 1 saturated heterocycles. The van der Waals surface area contributed by atoms with Crippen molar-refractivity contribution in [2.75, 3.05) is 19.6 Å². The van der Waals surface area contributed by atoms with Crippen LogP contribution in [-0.4, -0.2) is 34.7 Å². The Bertz CT molecular complexity index is 271. The number of likely N-dealkylation sites (tertiary alicyclic amines) is 1. The molecule has 15 heavy (non-hydrogen) atoms. The van der Waals surface area contributed by atoms with E-state index in [4.69, 9.17) is 0 Å². The van der Waals surface area contributed by atoms with Gasteiger partial charge in [0.15, 0.2) is 0 Å². The second-order valence-corrected chi connectivity index (χ2v) is 4.79. The summed E-state index contributed by atoms with van der Waals surface area (Å²) in [6.07, 6.45) is 6.55. The van der Waals surface area contributed by atoms with Gasteiger partial charge in [0.25, 0.3) is 0 Å². The van der Waals surface area contributed by atoms with E-state index in [-0.39, 0.29) is 0 Å². The molecule has 2 rings (SSSR count). The fraction of sp³-hybridized carbons (Fsp3) is 0.667. The number of hydrogen-bond acceptors (Lipinski definition) is 2. The summed E-state index contributed by atoms with van der Waals surface area (Å²) in [5, 5.41) is 6.92. The van der Waals surface area contributed by atoms with E-state index in [9.17, 15) is 0 Å². The van der Waals surface area contributed by atoms with E-state index in [0.29, 0.717) is 0 Å². The van der Waals surface area contributed by atoms with E-state index in [2.05, 4.69) is 28.9 Å². The lowest BCUT2D eigenvalue weighted by atomic mass is 9.91. The van der Waals surface area contributed by atoms with E-state index in [1.165, 1.54) is 37.4 Å². The van der Waals surface area contributed by atoms with Crippen molar-refractivity contribution in [3.63, 3.8) is 0 Å². The molecule has 0 aliphatic carbocycles. The maximum atomic E-state index is 4.02. The number of aromatic nitrogens is 2. The third-order valence-electron chi connectivity index (χ3n) is 3.12. The minimum absolute atomic E-state index is 0.720. The lowest BCUT2D eigenvalue weighted by Crippen LogP contribution is -2.34. The van der Waals surface area contributed by atoms with Crippen molar-refractivity contribution in [1.29, 1.82) is 0 Å². The summed E-state index contributed by atoms with van der Waals surface area (Å²) in [7, 11) is 0. The zero-order valence-corrected chi connectivity index (χ0v) is 9.66. The van der Waals surface area contributed by atoms with E-state index >= 15 is 0 Å². The largest absolute Gasteiger partial charge is 0.303 e. The molecule has 1 fully saturated rings. The number of rotatable bonds is 3. The van der Waals surface area contributed by atoms with Crippen LogP contribution in [0.15, 0.2) is 12.4 Å². The Morgan fingerprint density at radius 3 is 2.73 bits per heavy atom. The molecule has 0 atom stereocenters. The first-order valence-corrected chi connectivity index (χ1v) is 5.76. The first-order valence-electron chi connectivity index (χ1n) is 5.76. The summed E-state index contributed by atoms with van der Waals surface area (Å²) in [6.45, 7) is 8.03. The Labute approximate surface area is 91.9 Å². The Hall–Kier alpha value is -0.830. The van der Waals surface area contributed by atoms with Crippen LogP contribution in [0.1, 0.15) is 38.2 Å². The third-order valence-corrected chi connectivity index (χ3v) is 3.12. The van der Waals surface area contributed by atoms with Gasteiger partial charge in [0, 0.05) is 12.7 Å². The van der Waals surface area contributed by atoms with Gasteiger partial charge in [-0.15, -0.1) is 0 Å². The molecule has 0 spiro atoms. The predicted molar refractivity (Wildman–Crippen MR) is 61.6 cm³/mol. The standard InChI is InChI=1S/C12H20N3/c1-10(2)9-15-5-3-11(4-6-15)12-7-13-14-8-12/h7-8,11H,3-6,9H2,1-2H3,(H,13,14). The summed E-state index contributed by atoms with van der Waals surface area (Å²) in [5.41, 5.74) is 1.38. The van der Waals surface area contributed by atoms with Gasteiger partial charge in [-0.1, -0.05) is 13.8 Å². The number of hydrogen-bond donors (Lipinski definition) is 1. The first-order chi connectivity index (χ1) is 7.25. The van der Waals surface area contributed by atoms with Gasteiger partial charge < -0.3 is 4.90 Å². The summed E-state index contributed by atoms with van der Waals surface area (Å²) >= 11 is 0. The molecule has 1 aromatic heterocycles. The van der Waals surface area contributed by atoms with Crippen LogP contribution in [0.4, 0.5) is 0 Å². The van der Waals surface area contributed by atoms with Crippen LogP contribution in [-0.2, 0) is 0 Å². The molecule has 1 radical (unpaired) electrons. The van der Waals surface area contributed by atoms with Crippen molar-refractivity contribution in [1.82, 2.24) is 15.1 Å². The van der Waals surface area contributed by atoms with Gasteiger partial charge in [-0.3, -0.25) is 5.10 Å². The minimum atomic E-state index is 0.720. The van der Waals surface area contributed by atoms with Crippen molar-refractivity contribution in [3.05, 3.63) is 23.9 Å². The van der Waals surface area contributed by atoms with E-state index < -0.39 is 0 Å². The molecule has 1 N–H and O–H groups in total. The second kappa shape index (κ2) is 4.79. The van der Waals surface area contributed by atoms with Gasteiger partial charge in [-0.25, -0.2) is 0 Å². The average Bonchev–Trinajstić information content (AvgIpc) is 2.71. The van der Waals surface area contributed by atoms with E-state index in [1.807, 2.05) is 12.4 Å². The summed E-state index contributed by atoms with van der Waals surface area (Å²) in [6, 6.07) is 0. The fourth-order valence-electron chi connectivity index (χ4n) is 2.36. The molecule has 1 aliphatic heterocycles. The lowest BCUT2D eigenvalue weighted by molar-refractivity contribution is 0.220. The first kappa shape index (κ1) is 10.7. The highest BCUT2D eigenvalue weighted by molar-refractivity contribution is 5.11. The molecular weight excluding hydrogens is 186 g/mol. The molecule has 1 aromatic rings. The molecule has 3 nitrogen and oxygen atoms in total. The molecule has 3 heteroatoms. The maximum Gasteiger partial charge on any atom is 0.0522 e. The molecule has 83 valence electrons. The molecule has 1 aliphatic rings. The number of piperidine rings is 1. The van der Waals surface area contributed by atoms with Crippen molar-refractivity contribution in [2.45, 2.75) is 32.6 Å². The Morgan fingerprint density at radius 2 is 2.20 bits per heavy atom. The van der Waals surface area contributed by atoms with Gasteiger partial charge >= 0.3 is 0 Å². The molecule has 0 aromatic carbocycles. The van der Waals surface area contributed by atoms with E-state index in [1.54, 1.807) is 0 Å². The zero-order valence-electron chi connectivity index (χ0n) is 9.66. The SMILES string of the molecule is C[C](C)CN1CCC(c2cn[nH]c2)CC1. The van der Waals surface area contributed by atoms with Crippen molar-refractivity contribution in [3.8, 4) is 0 Å². The quantitative estimate of drug-likeness (QED) is 0.822. The second-order valence-electron chi connectivity index (χ2n) is 4.79. The minimum Gasteiger partial charge on any atom is -0.303 e. The van der Waals surface area contributed by atoms with Gasteiger partial charge in [0.05, 0.1) is 6.20 Å². The summed E-state index contributed by atoms with van der Waals surface area (Å²) in [4.78, 5) is 2.55. The lowest BCUT2D eigenvalue weighted by Gasteiger charge is -2.32. The van der Waals surface area contributed by atoms with Crippen LogP contribution in [0.2, 0.25) is 0 Å². The maximum absolute atomic E-state index is 4.02. The van der Waals surface area contributed by atoms with Crippen LogP contribution >= 0.6 is 0 Å².